The average molecular weight is 266 g/mol. The van der Waals surface area contributed by atoms with Crippen molar-refractivity contribution in [3.8, 4) is 6.07 Å². The van der Waals surface area contributed by atoms with Crippen molar-refractivity contribution < 1.29 is 4.79 Å². The van der Waals surface area contributed by atoms with E-state index >= 15 is 0 Å². The second-order valence-electron chi connectivity index (χ2n) is 5.08. The monoisotopic (exact) mass is 266 g/mol. The van der Waals surface area contributed by atoms with Gasteiger partial charge in [0.2, 0.25) is 0 Å². The van der Waals surface area contributed by atoms with Crippen molar-refractivity contribution in [2.24, 2.45) is 0 Å². The molecule has 0 radical (unpaired) electrons. The molecule has 1 heterocycles. The van der Waals surface area contributed by atoms with E-state index < -0.39 is 5.54 Å². The number of carbonyl (C=O) groups is 1. The van der Waals surface area contributed by atoms with Crippen LogP contribution in [-0.4, -0.2) is 21.4 Å². The number of hydrogen-bond donors (Lipinski definition) is 1. The van der Waals surface area contributed by atoms with Crippen molar-refractivity contribution in [2.45, 2.75) is 31.2 Å². The van der Waals surface area contributed by atoms with Crippen LogP contribution in [0.4, 0.5) is 0 Å². The van der Waals surface area contributed by atoms with Crippen LogP contribution in [-0.2, 0) is 0 Å². The van der Waals surface area contributed by atoms with Crippen LogP contribution in [0.25, 0.3) is 11.0 Å². The van der Waals surface area contributed by atoms with Crippen molar-refractivity contribution in [3.63, 3.8) is 0 Å². The lowest BCUT2D eigenvalue weighted by Crippen LogP contribution is -2.45. The first-order valence-corrected chi connectivity index (χ1v) is 6.68. The molecule has 1 saturated carbocycles. The Balaban J connectivity index is 1.95. The molecule has 1 aromatic heterocycles. The lowest BCUT2D eigenvalue weighted by Gasteiger charge is -2.22. The molecule has 0 spiro atoms. The Morgan fingerprint density at radius 1 is 1.25 bits per heavy atom. The summed E-state index contributed by atoms with van der Waals surface area (Å²) in [5.41, 5.74) is 0.995. The van der Waals surface area contributed by atoms with Crippen LogP contribution in [0, 0.1) is 11.3 Å². The quantitative estimate of drug-likeness (QED) is 0.903. The molecule has 5 nitrogen and oxygen atoms in total. The van der Waals surface area contributed by atoms with Crippen molar-refractivity contribution in [3.05, 3.63) is 36.2 Å². The Morgan fingerprint density at radius 3 is 2.75 bits per heavy atom. The number of nitrogens with zero attached hydrogens (tertiary/aromatic N) is 3. The van der Waals surface area contributed by atoms with E-state index in [1.165, 1.54) is 0 Å². The fourth-order valence-corrected chi connectivity index (χ4v) is 2.70. The molecule has 2 aromatic rings. The number of carbonyl (C=O) groups excluding carboxylic acids is 1. The van der Waals surface area contributed by atoms with E-state index in [0.717, 1.165) is 12.8 Å². The second-order valence-corrected chi connectivity index (χ2v) is 5.08. The van der Waals surface area contributed by atoms with E-state index in [4.69, 9.17) is 0 Å². The third kappa shape index (κ3) is 2.10. The predicted octanol–water partition coefficient (Wildman–Crippen LogP) is 2.20. The number of aromatic nitrogens is 2. The molecule has 1 aliphatic rings. The van der Waals surface area contributed by atoms with Gasteiger partial charge >= 0.3 is 0 Å². The maximum atomic E-state index is 12.4. The molecule has 3 rings (SSSR count). The van der Waals surface area contributed by atoms with Gasteiger partial charge in [-0.2, -0.15) is 5.26 Å². The molecule has 20 heavy (non-hydrogen) atoms. The SMILES string of the molecule is N#CC1(NC(=O)c2cccc3nccnc23)CCCC1. The maximum absolute atomic E-state index is 12.4. The number of nitrogens with one attached hydrogen (secondary N) is 1. The molecule has 0 atom stereocenters. The number of nitriles is 1. The summed E-state index contributed by atoms with van der Waals surface area (Å²) in [5, 5.41) is 12.2. The summed E-state index contributed by atoms with van der Waals surface area (Å²) >= 11 is 0. The van der Waals surface area contributed by atoms with Crippen LogP contribution >= 0.6 is 0 Å². The van der Waals surface area contributed by atoms with Crippen LogP contribution < -0.4 is 5.32 Å². The Kier molecular flexibility index (Phi) is 3.07. The van der Waals surface area contributed by atoms with Crippen molar-refractivity contribution in [1.29, 1.82) is 5.26 Å². The Labute approximate surface area is 116 Å². The standard InChI is InChI=1S/C15H14N4O/c16-10-15(6-1-2-7-15)19-14(20)11-4-3-5-12-13(11)18-9-8-17-12/h3-5,8-9H,1-2,6-7H2,(H,19,20). The highest BCUT2D eigenvalue weighted by molar-refractivity contribution is 6.05. The lowest BCUT2D eigenvalue weighted by atomic mass is 9.99. The predicted molar refractivity (Wildman–Crippen MR) is 73.8 cm³/mol. The molecular weight excluding hydrogens is 252 g/mol. The van der Waals surface area contributed by atoms with E-state index in [-0.39, 0.29) is 5.91 Å². The van der Waals surface area contributed by atoms with Crippen LogP contribution in [0.1, 0.15) is 36.0 Å². The van der Waals surface area contributed by atoms with E-state index in [2.05, 4.69) is 21.4 Å². The van der Waals surface area contributed by atoms with Gasteiger partial charge in [-0.25, -0.2) is 0 Å². The number of amides is 1. The summed E-state index contributed by atoms with van der Waals surface area (Å²) in [6.45, 7) is 0. The molecule has 0 unspecified atom stereocenters. The summed E-state index contributed by atoms with van der Waals surface area (Å²) in [7, 11) is 0. The first-order chi connectivity index (χ1) is 9.74. The normalized spacial score (nSPS) is 16.8. The molecule has 100 valence electrons. The first-order valence-electron chi connectivity index (χ1n) is 6.68. The fourth-order valence-electron chi connectivity index (χ4n) is 2.70. The van der Waals surface area contributed by atoms with Gasteiger partial charge in [-0.15, -0.1) is 0 Å². The topological polar surface area (TPSA) is 78.7 Å². The molecule has 5 heteroatoms. The van der Waals surface area contributed by atoms with Crippen molar-refractivity contribution >= 4 is 16.9 Å². The minimum atomic E-state index is -0.721. The smallest absolute Gasteiger partial charge is 0.254 e. The van der Waals surface area contributed by atoms with E-state index in [9.17, 15) is 10.1 Å². The molecule has 1 N–H and O–H groups in total. The van der Waals surface area contributed by atoms with Crippen molar-refractivity contribution in [1.82, 2.24) is 15.3 Å². The fraction of sp³-hybridized carbons (Fsp3) is 0.333. The second kappa shape index (κ2) is 4.89. The summed E-state index contributed by atoms with van der Waals surface area (Å²) < 4.78 is 0. The largest absolute Gasteiger partial charge is 0.334 e. The highest BCUT2D eigenvalue weighted by Crippen LogP contribution is 2.29. The molecule has 0 aliphatic heterocycles. The molecular formula is C15H14N4O. The highest BCUT2D eigenvalue weighted by Gasteiger charge is 2.35. The Bertz CT molecular complexity index is 693. The van der Waals surface area contributed by atoms with Gasteiger partial charge in [0, 0.05) is 12.4 Å². The lowest BCUT2D eigenvalue weighted by molar-refractivity contribution is 0.0922. The number of benzene rings is 1. The molecule has 1 aromatic carbocycles. The summed E-state index contributed by atoms with van der Waals surface area (Å²) in [6.07, 6.45) is 6.54. The van der Waals surface area contributed by atoms with E-state index in [1.54, 1.807) is 24.5 Å². The molecule has 1 aliphatic carbocycles. The maximum Gasteiger partial charge on any atom is 0.254 e. The number of fused-ring (bicyclic) bond motifs is 1. The van der Waals surface area contributed by atoms with Gasteiger partial charge in [0.15, 0.2) is 0 Å². The summed E-state index contributed by atoms with van der Waals surface area (Å²) in [5.74, 6) is -0.250. The van der Waals surface area contributed by atoms with Gasteiger partial charge in [0.05, 0.1) is 17.1 Å². The summed E-state index contributed by atoms with van der Waals surface area (Å²) in [6, 6.07) is 7.56. The van der Waals surface area contributed by atoms with Gasteiger partial charge in [-0.1, -0.05) is 6.07 Å². The van der Waals surface area contributed by atoms with Crippen LogP contribution in [0.15, 0.2) is 30.6 Å². The number of rotatable bonds is 2. The molecule has 1 amide bonds. The molecule has 1 fully saturated rings. The van der Waals surface area contributed by atoms with Gasteiger partial charge in [-0.3, -0.25) is 14.8 Å². The third-order valence-corrected chi connectivity index (χ3v) is 3.77. The van der Waals surface area contributed by atoms with Gasteiger partial charge < -0.3 is 5.32 Å². The zero-order valence-electron chi connectivity index (χ0n) is 11.0. The minimum absolute atomic E-state index is 0.250. The average Bonchev–Trinajstić information content (AvgIpc) is 2.95. The minimum Gasteiger partial charge on any atom is -0.334 e. The Morgan fingerprint density at radius 2 is 2.00 bits per heavy atom. The first kappa shape index (κ1) is 12.5. The zero-order valence-corrected chi connectivity index (χ0v) is 11.0. The van der Waals surface area contributed by atoms with E-state index in [0.29, 0.717) is 29.4 Å². The number of para-hydroxylation sites is 1. The van der Waals surface area contributed by atoms with Crippen LogP contribution in [0.2, 0.25) is 0 Å². The highest BCUT2D eigenvalue weighted by atomic mass is 16.1. The zero-order chi connectivity index (χ0) is 14.0. The Hall–Kier alpha value is -2.48. The van der Waals surface area contributed by atoms with Gasteiger partial charge in [-0.05, 0) is 37.8 Å². The van der Waals surface area contributed by atoms with Gasteiger partial charge in [0.25, 0.3) is 5.91 Å². The third-order valence-electron chi connectivity index (χ3n) is 3.77. The van der Waals surface area contributed by atoms with Crippen LogP contribution in [0.5, 0.6) is 0 Å². The van der Waals surface area contributed by atoms with Crippen LogP contribution in [0.3, 0.4) is 0 Å². The number of hydrogen-bond acceptors (Lipinski definition) is 4. The van der Waals surface area contributed by atoms with Gasteiger partial charge in [0.1, 0.15) is 11.1 Å². The molecule has 0 bridgehead atoms. The summed E-state index contributed by atoms with van der Waals surface area (Å²) in [4.78, 5) is 20.9. The van der Waals surface area contributed by atoms with E-state index in [1.807, 2.05) is 6.07 Å². The molecule has 0 saturated heterocycles. The van der Waals surface area contributed by atoms with Crippen molar-refractivity contribution in [2.75, 3.05) is 0 Å².